The smallest absolute Gasteiger partial charge is 0.274 e. The highest BCUT2D eigenvalue weighted by Gasteiger charge is 2.12. The Bertz CT molecular complexity index is 678. The van der Waals surface area contributed by atoms with Crippen molar-refractivity contribution >= 4 is 35.3 Å². The molecule has 1 heterocycles. The summed E-state index contributed by atoms with van der Waals surface area (Å²) in [5.41, 5.74) is 3.63. The van der Waals surface area contributed by atoms with Crippen LogP contribution in [0.5, 0.6) is 0 Å². The quantitative estimate of drug-likeness (QED) is 0.689. The summed E-state index contributed by atoms with van der Waals surface area (Å²) in [6.07, 6.45) is 1.49. The van der Waals surface area contributed by atoms with Gasteiger partial charge in [0.15, 0.2) is 0 Å². The lowest BCUT2D eigenvalue weighted by Gasteiger charge is -1.99. The van der Waals surface area contributed by atoms with Crippen molar-refractivity contribution in [3.8, 4) is 0 Å². The van der Waals surface area contributed by atoms with Gasteiger partial charge in [0.2, 0.25) is 0 Å². The summed E-state index contributed by atoms with van der Waals surface area (Å²) in [6, 6.07) is 6.74. The Kier molecular flexibility index (Phi) is 4.47. The first-order chi connectivity index (χ1) is 9.47. The molecule has 0 aliphatic carbocycles. The fourth-order valence-corrected chi connectivity index (χ4v) is 1.98. The maximum absolute atomic E-state index is 11.9. The topological polar surface area (TPSA) is 54.6 Å². The van der Waals surface area contributed by atoms with Gasteiger partial charge < -0.3 is 4.42 Å². The van der Waals surface area contributed by atoms with Gasteiger partial charge in [0.05, 0.1) is 21.8 Å². The predicted molar refractivity (Wildman–Crippen MR) is 79.7 cm³/mol. The number of rotatable bonds is 3. The summed E-state index contributed by atoms with van der Waals surface area (Å²) >= 11 is 11.7. The molecule has 1 aromatic heterocycles. The molecular formula is C14H12Cl2N2O2. The summed E-state index contributed by atoms with van der Waals surface area (Å²) in [5.74, 6) is 0.918. The molecule has 0 aliphatic rings. The molecule has 1 amide bonds. The number of nitrogens with zero attached hydrogens (tertiary/aromatic N) is 1. The number of carbonyl (C=O) groups is 1. The average molecular weight is 311 g/mol. The van der Waals surface area contributed by atoms with Crippen LogP contribution in [0.25, 0.3) is 0 Å². The van der Waals surface area contributed by atoms with Crippen LogP contribution in [0.3, 0.4) is 0 Å². The van der Waals surface area contributed by atoms with E-state index >= 15 is 0 Å². The predicted octanol–water partition coefficient (Wildman–Crippen LogP) is 3.97. The van der Waals surface area contributed by atoms with Gasteiger partial charge in [-0.1, -0.05) is 29.3 Å². The van der Waals surface area contributed by atoms with Gasteiger partial charge in [-0.25, -0.2) is 5.43 Å². The van der Waals surface area contributed by atoms with Gasteiger partial charge >= 0.3 is 0 Å². The number of hydrogen-bond acceptors (Lipinski definition) is 3. The van der Waals surface area contributed by atoms with E-state index in [9.17, 15) is 4.79 Å². The Morgan fingerprint density at radius 2 is 2.00 bits per heavy atom. The van der Waals surface area contributed by atoms with Crippen molar-refractivity contribution in [2.45, 2.75) is 13.8 Å². The van der Waals surface area contributed by atoms with E-state index in [1.807, 2.05) is 0 Å². The van der Waals surface area contributed by atoms with E-state index < -0.39 is 0 Å². The van der Waals surface area contributed by atoms with E-state index in [0.717, 1.165) is 5.56 Å². The summed E-state index contributed by atoms with van der Waals surface area (Å²) in [7, 11) is 0. The van der Waals surface area contributed by atoms with Crippen molar-refractivity contribution in [1.29, 1.82) is 0 Å². The first-order valence-corrected chi connectivity index (χ1v) is 6.58. The molecule has 104 valence electrons. The number of nitrogens with one attached hydrogen (secondary N) is 1. The molecule has 0 fully saturated rings. The number of hydrogen-bond donors (Lipinski definition) is 1. The second kappa shape index (κ2) is 6.11. The third-order valence-corrected chi connectivity index (χ3v) is 3.35. The number of hydrazone groups is 1. The van der Waals surface area contributed by atoms with E-state index in [0.29, 0.717) is 27.1 Å². The first kappa shape index (κ1) is 14.6. The van der Waals surface area contributed by atoms with Gasteiger partial charge in [0, 0.05) is 0 Å². The Morgan fingerprint density at radius 3 is 2.60 bits per heavy atom. The second-order valence-corrected chi connectivity index (χ2v) is 5.01. The number of carbonyl (C=O) groups excluding carboxylic acids is 1. The number of furan rings is 1. The van der Waals surface area contributed by atoms with E-state index in [1.165, 1.54) is 6.21 Å². The number of amides is 1. The fraction of sp³-hybridized carbons (Fsp3) is 0.143. The lowest BCUT2D eigenvalue weighted by atomic mass is 10.2. The highest BCUT2D eigenvalue weighted by molar-refractivity contribution is 6.42. The van der Waals surface area contributed by atoms with Crippen LogP contribution in [0.4, 0.5) is 0 Å². The minimum Gasteiger partial charge on any atom is -0.466 e. The number of aryl methyl sites for hydroxylation is 2. The molecule has 0 saturated heterocycles. The van der Waals surface area contributed by atoms with Gasteiger partial charge in [-0.3, -0.25) is 4.79 Å². The SMILES string of the molecule is Cc1cc(C(=O)N/N=C\c2ccc(Cl)c(Cl)c2)c(C)o1. The van der Waals surface area contributed by atoms with Crippen molar-refractivity contribution < 1.29 is 9.21 Å². The molecule has 0 aliphatic heterocycles. The van der Waals surface area contributed by atoms with Crippen molar-refractivity contribution in [3.05, 3.63) is 57.0 Å². The van der Waals surface area contributed by atoms with Gasteiger partial charge in [0.1, 0.15) is 11.5 Å². The molecule has 20 heavy (non-hydrogen) atoms. The fourth-order valence-electron chi connectivity index (χ4n) is 1.67. The van der Waals surface area contributed by atoms with E-state index in [-0.39, 0.29) is 5.91 Å². The van der Waals surface area contributed by atoms with Crippen LogP contribution >= 0.6 is 23.2 Å². The molecule has 0 spiro atoms. The Balaban J connectivity index is 2.04. The monoisotopic (exact) mass is 310 g/mol. The van der Waals surface area contributed by atoms with Crippen molar-refractivity contribution in [3.63, 3.8) is 0 Å². The van der Waals surface area contributed by atoms with Gasteiger partial charge in [-0.15, -0.1) is 0 Å². The molecule has 2 aromatic rings. The Labute approximate surface area is 126 Å². The summed E-state index contributed by atoms with van der Waals surface area (Å²) in [4.78, 5) is 11.9. The number of halogens is 2. The van der Waals surface area contributed by atoms with E-state index in [1.54, 1.807) is 38.1 Å². The van der Waals surface area contributed by atoms with Gasteiger partial charge in [-0.05, 0) is 37.6 Å². The molecule has 1 aromatic carbocycles. The molecule has 0 saturated carbocycles. The van der Waals surface area contributed by atoms with Crippen LogP contribution in [0.1, 0.15) is 27.4 Å². The van der Waals surface area contributed by atoms with Crippen molar-refractivity contribution in [1.82, 2.24) is 5.43 Å². The molecular weight excluding hydrogens is 299 g/mol. The van der Waals surface area contributed by atoms with Crippen molar-refractivity contribution in [2.24, 2.45) is 5.10 Å². The van der Waals surface area contributed by atoms with E-state index in [4.69, 9.17) is 27.6 Å². The van der Waals surface area contributed by atoms with Crippen molar-refractivity contribution in [2.75, 3.05) is 0 Å². The highest BCUT2D eigenvalue weighted by Crippen LogP contribution is 2.21. The van der Waals surface area contributed by atoms with Crippen LogP contribution in [-0.2, 0) is 0 Å². The van der Waals surface area contributed by atoms with Crippen LogP contribution < -0.4 is 5.43 Å². The maximum Gasteiger partial charge on any atom is 0.274 e. The highest BCUT2D eigenvalue weighted by atomic mass is 35.5. The first-order valence-electron chi connectivity index (χ1n) is 5.83. The third-order valence-electron chi connectivity index (χ3n) is 2.61. The minimum atomic E-state index is -0.323. The van der Waals surface area contributed by atoms with E-state index in [2.05, 4.69) is 10.5 Å². The average Bonchev–Trinajstić information content (AvgIpc) is 2.73. The maximum atomic E-state index is 11.9. The van der Waals surface area contributed by atoms with Crippen LogP contribution in [0.2, 0.25) is 10.0 Å². The Hall–Kier alpha value is -1.78. The van der Waals surface area contributed by atoms with Crippen LogP contribution in [0, 0.1) is 13.8 Å². The minimum absolute atomic E-state index is 0.323. The number of benzene rings is 1. The zero-order valence-electron chi connectivity index (χ0n) is 10.9. The molecule has 2 rings (SSSR count). The largest absolute Gasteiger partial charge is 0.466 e. The normalized spacial score (nSPS) is 11.0. The second-order valence-electron chi connectivity index (χ2n) is 4.20. The molecule has 0 unspecified atom stereocenters. The molecule has 6 heteroatoms. The summed E-state index contributed by atoms with van der Waals surface area (Å²) < 4.78 is 5.28. The molecule has 0 radical (unpaired) electrons. The molecule has 0 atom stereocenters. The summed E-state index contributed by atoms with van der Waals surface area (Å²) in [6.45, 7) is 3.51. The zero-order valence-corrected chi connectivity index (χ0v) is 12.4. The molecule has 0 bridgehead atoms. The van der Waals surface area contributed by atoms with Crippen LogP contribution in [0.15, 0.2) is 33.8 Å². The molecule has 4 nitrogen and oxygen atoms in total. The van der Waals surface area contributed by atoms with Gasteiger partial charge in [-0.2, -0.15) is 5.10 Å². The summed E-state index contributed by atoms with van der Waals surface area (Å²) in [5, 5.41) is 4.77. The van der Waals surface area contributed by atoms with Crippen LogP contribution in [-0.4, -0.2) is 12.1 Å². The zero-order chi connectivity index (χ0) is 14.7. The lowest BCUT2D eigenvalue weighted by molar-refractivity contribution is 0.0953. The standard InChI is InChI=1S/C14H12Cl2N2O2/c1-8-5-11(9(2)20-8)14(19)18-17-7-10-3-4-12(15)13(16)6-10/h3-7H,1-2H3,(H,18,19)/b17-7-. The van der Waals surface area contributed by atoms with Gasteiger partial charge in [0.25, 0.3) is 5.91 Å². The third kappa shape index (κ3) is 3.40. The Morgan fingerprint density at radius 1 is 1.25 bits per heavy atom. The molecule has 1 N–H and O–H groups in total. The lowest BCUT2D eigenvalue weighted by Crippen LogP contribution is -2.17.